The minimum Gasteiger partial charge on any atom is -0.335 e. The molecule has 4 heteroatoms. The molecule has 1 amide bonds. The number of carbonyl (C=O) groups excluding carboxylic acids is 1. The van der Waals surface area contributed by atoms with E-state index in [1.807, 2.05) is 35.4 Å². The first kappa shape index (κ1) is 13.7. The zero-order valence-electron chi connectivity index (χ0n) is 11.3. The van der Waals surface area contributed by atoms with Crippen molar-refractivity contribution in [2.24, 2.45) is 0 Å². The fourth-order valence-corrected chi connectivity index (χ4v) is 2.71. The van der Waals surface area contributed by atoms with Gasteiger partial charge in [-0.2, -0.15) is 0 Å². The summed E-state index contributed by atoms with van der Waals surface area (Å²) in [5.74, 6) is 0.107. The fourth-order valence-electron chi connectivity index (χ4n) is 1.90. The molecule has 0 saturated carbocycles. The molecule has 2 aromatic rings. The molecule has 2 rings (SSSR count). The first-order chi connectivity index (χ1) is 9.24. The second-order valence-corrected chi connectivity index (χ2v) is 5.33. The number of nitrogens with zero attached hydrogens (tertiary/aromatic N) is 2. The summed E-state index contributed by atoms with van der Waals surface area (Å²) in [6, 6.07) is 5.89. The lowest BCUT2D eigenvalue weighted by Crippen LogP contribution is -2.29. The van der Waals surface area contributed by atoms with Crippen molar-refractivity contribution >= 4 is 17.2 Å². The second-order valence-electron chi connectivity index (χ2n) is 4.33. The summed E-state index contributed by atoms with van der Waals surface area (Å²) in [6.07, 6.45) is 4.50. The van der Waals surface area contributed by atoms with Gasteiger partial charge in [0.25, 0.3) is 5.91 Å². The van der Waals surface area contributed by atoms with Crippen molar-refractivity contribution in [3.8, 4) is 0 Å². The number of rotatable bonds is 5. The van der Waals surface area contributed by atoms with Crippen LogP contribution in [0.5, 0.6) is 0 Å². The molecular formula is C15H18N2OS. The molecule has 0 aliphatic rings. The fraction of sp³-hybridized carbons (Fsp3) is 0.333. The van der Waals surface area contributed by atoms with Crippen LogP contribution in [0.2, 0.25) is 0 Å². The maximum absolute atomic E-state index is 12.4. The summed E-state index contributed by atoms with van der Waals surface area (Å²) in [5, 5.41) is 1.95. The SMILES string of the molecule is CCc1cc(C(=O)N(CC)Cc2ccncc2)cs1. The average Bonchev–Trinajstić information content (AvgIpc) is 2.94. The Bertz CT molecular complexity index is 536. The molecule has 0 saturated heterocycles. The van der Waals surface area contributed by atoms with Crippen molar-refractivity contribution in [2.75, 3.05) is 6.54 Å². The third-order valence-electron chi connectivity index (χ3n) is 3.04. The van der Waals surface area contributed by atoms with Gasteiger partial charge in [0.2, 0.25) is 0 Å². The molecule has 2 aromatic heterocycles. The van der Waals surface area contributed by atoms with Gasteiger partial charge in [0.15, 0.2) is 0 Å². The van der Waals surface area contributed by atoms with Crippen molar-refractivity contribution in [3.63, 3.8) is 0 Å². The Kier molecular flexibility index (Phi) is 4.68. The zero-order valence-corrected chi connectivity index (χ0v) is 12.1. The van der Waals surface area contributed by atoms with E-state index in [-0.39, 0.29) is 5.91 Å². The largest absolute Gasteiger partial charge is 0.335 e. The molecule has 0 aliphatic heterocycles. The molecule has 0 aromatic carbocycles. The van der Waals surface area contributed by atoms with E-state index in [0.717, 1.165) is 17.5 Å². The molecule has 0 spiro atoms. The van der Waals surface area contributed by atoms with Crippen molar-refractivity contribution in [1.82, 2.24) is 9.88 Å². The second kappa shape index (κ2) is 6.48. The normalized spacial score (nSPS) is 10.4. The van der Waals surface area contributed by atoms with Crippen LogP contribution in [-0.4, -0.2) is 22.3 Å². The molecule has 100 valence electrons. The molecule has 0 radical (unpaired) electrons. The van der Waals surface area contributed by atoms with E-state index in [9.17, 15) is 4.79 Å². The number of hydrogen-bond acceptors (Lipinski definition) is 3. The van der Waals surface area contributed by atoms with E-state index >= 15 is 0 Å². The molecule has 0 atom stereocenters. The summed E-state index contributed by atoms with van der Waals surface area (Å²) in [6.45, 7) is 5.45. The minimum atomic E-state index is 0.107. The van der Waals surface area contributed by atoms with Gasteiger partial charge in [-0.05, 0) is 37.1 Å². The van der Waals surface area contributed by atoms with Gasteiger partial charge in [0.1, 0.15) is 0 Å². The average molecular weight is 274 g/mol. The van der Waals surface area contributed by atoms with E-state index in [0.29, 0.717) is 13.1 Å². The van der Waals surface area contributed by atoms with Crippen LogP contribution in [0, 0.1) is 0 Å². The van der Waals surface area contributed by atoms with E-state index in [4.69, 9.17) is 0 Å². The molecule has 19 heavy (non-hydrogen) atoms. The monoisotopic (exact) mass is 274 g/mol. The first-order valence-electron chi connectivity index (χ1n) is 6.50. The quantitative estimate of drug-likeness (QED) is 0.837. The van der Waals surface area contributed by atoms with Crippen LogP contribution in [0.1, 0.15) is 34.6 Å². The summed E-state index contributed by atoms with van der Waals surface area (Å²) >= 11 is 1.65. The Hall–Kier alpha value is -1.68. The molecule has 3 nitrogen and oxygen atoms in total. The topological polar surface area (TPSA) is 33.2 Å². The molecule has 2 heterocycles. The van der Waals surface area contributed by atoms with Gasteiger partial charge in [0, 0.05) is 35.7 Å². The predicted molar refractivity (Wildman–Crippen MR) is 78.3 cm³/mol. The number of aryl methyl sites for hydroxylation is 1. The third-order valence-corrected chi connectivity index (χ3v) is 4.12. The van der Waals surface area contributed by atoms with E-state index in [1.54, 1.807) is 23.7 Å². The smallest absolute Gasteiger partial charge is 0.254 e. The van der Waals surface area contributed by atoms with Crippen LogP contribution in [0.15, 0.2) is 36.0 Å². The van der Waals surface area contributed by atoms with E-state index in [2.05, 4.69) is 11.9 Å². The minimum absolute atomic E-state index is 0.107. The van der Waals surface area contributed by atoms with Gasteiger partial charge in [-0.3, -0.25) is 9.78 Å². The number of hydrogen-bond donors (Lipinski definition) is 0. The molecule has 0 unspecified atom stereocenters. The standard InChI is InChI=1S/C15H18N2OS/c1-3-14-9-13(11-19-14)15(18)17(4-2)10-12-5-7-16-8-6-12/h5-9,11H,3-4,10H2,1-2H3. The lowest BCUT2D eigenvalue weighted by Gasteiger charge is -2.20. The number of thiophene rings is 1. The number of carbonyl (C=O) groups is 1. The Morgan fingerprint density at radius 1 is 1.32 bits per heavy atom. The van der Waals surface area contributed by atoms with Gasteiger partial charge in [-0.15, -0.1) is 11.3 Å². The van der Waals surface area contributed by atoms with Crippen molar-refractivity contribution < 1.29 is 4.79 Å². The Labute approximate surface area is 117 Å². The maximum Gasteiger partial charge on any atom is 0.254 e. The highest BCUT2D eigenvalue weighted by molar-refractivity contribution is 7.10. The number of aromatic nitrogens is 1. The van der Waals surface area contributed by atoms with Crippen LogP contribution in [0.25, 0.3) is 0 Å². The molecule has 0 aliphatic carbocycles. The van der Waals surface area contributed by atoms with E-state index < -0.39 is 0 Å². The number of amides is 1. The highest BCUT2D eigenvalue weighted by Crippen LogP contribution is 2.18. The van der Waals surface area contributed by atoms with Crippen LogP contribution in [-0.2, 0) is 13.0 Å². The summed E-state index contributed by atoms with van der Waals surface area (Å²) < 4.78 is 0. The van der Waals surface area contributed by atoms with Crippen LogP contribution < -0.4 is 0 Å². The molecule has 0 bridgehead atoms. The van der Waals surface area contributed by atoms with Crippen molar-refractivity contribution in [1.29, 1.82) is 0 Å². The first-order valence-corrected chi connectivity index (χ1v) is 7.38. The van der Waals surface area contributed by atoms with Crippen LogP contribution >= 0.6 is 11.3 Å². The van der Waals surface area contributed by atoms with Crippen molar-refractivity contribution in [2.45, 2.75) is 26.8 Å². The molecule has 0 fully saturated rings. The predicted octanol–water partition coefficient (Wildman–Crippen LogP) is 3.37. The highest BCUT2D eigenvalue weighted by Gasteiger charge is 2.15. The highest BCUT2D eigenvalue weighted by atomic mass is 32.1. The van der Waals surface area contributed by atoms with Gasteiger partial charge in [0.05, 0.1) is 5.56 Å². The summed E-state index contributed by atoms with van der Waals surface area (Å²) in [4.78, 5) is 19.5. The maximum atomic E-state index is 12.4. The summed E-state index contributed by atoms with van der Waals surface area (Å²) in [5.41, 5.74) is 1.91. The molecular weight excluding hydrogens is 256 g/mol. The van der Waals surface area contributed by atoms with Crippen LogP contribution in [0.4, 0.5) is 0 Å². The lowest BCUT2D eigenvalue weighted by molar-refractivity contribution is 0.0753. The van der Waals surface area contributed by atoms with Gasteiger partial charge in [-0.1, -0.05) is 6.92 Å². The molecule has 0 N–H and O–H groups in total. The third kappa shape index (κ3) is 3.41. The van der Waals surface area contributed by atoms with E-state index in [1.165, 1.54) is 4.88 Å². The van der Waals surface area contributed by atoms with Gasteiger partial charge >= 0.3 is 0 Å². The number of pyridine rings is 1. The van der Waals surface area contributed by atoms with Gasteiger partial charge < -0.3 is 4.90 Å². The summed E-state index contributed by atoms with van der Waals surface area (Å²) in [7, 11) is 0. The Balaban J connectivity index is 2.11. The Morgan fingerprint density at radius 2 is 2.05 bits per heavy atom. The Morgan fingerprint density at radius 3 is 2.63 bits per heavy atom. The zero-order chi connectivity index (χ0) is 13.7. The van der Waals surface area contributed by atoms with Crippen LogP contribution in [0.3, 0.4) is 0 Å². The van der Waals surface area contributed by atoms with Gasteiger partial charge in [-0.25, -0.2) is 0 Å². The van der Waals surface area contributed by atoms with Crippen molar-refractivity contribution in [3.05, 3.63) is 52.0 Å². The lowest BCUT2D eigenvalue weighted by atomic mass is 10.2.